The van der Waals surface area contributed by atoms with Crippen LogP contribution in [0.3, 0.4) is 0 Å². The molecule has 0 saturated carbocycles. The molecule has 2 N–H and O–H groups in total. The third-order valence-electron chi connectivity index (χ3n) is 4.89. The number of halogens is 1. The summed E-state index contributed by atoms with van der Waals surface area (Å²) < 4.78 is 1.92. The Labute approximate surface area is 164 Å². The Morgan fingerprint density at radius 2 is 1.89 bits per heavy atom. The highest BCUT2D eigenvalue weighted by molar-refractivity contribution is 6.31. The normalized spacial score (nSPS) is 15.0. The number of hydrogen-bond donors (Lipinski definition) is 2. The predicted octanol–water partition coefficient (Wildman–Crippen LogP) is 4.94. The number of hydrogen-bond acceptors (Lipinski definition) is 5. The summed E-state index contributed by atoms with van der Waals surface area (Å²) in [6.45, 7) is 0. The van der Waals surface area contributed by atoms with E-state index in [2.05, 4.69) is 5.32 Å². The van der Waals surface area contributed by atoms with Gasteiger partial charge in [-0.1, -0.05) is 35.9 Å². The van der Waals surface area contributed by atoms with Crippen LogP contribution >= 0.6 is 11.6 Å². The van der Waals surface area contributed by atoms with Gasteiger partial charge >= 0.3 is 5.69 Å². The van der Waals surface area contributed by atoms with Gasteiger partial charge in [0.1, 0.15) is 12.0 Å². The van der Waals surface area contributed by atoms with E-state index < -0.39 is 22.5 Å². The molecule has 138 valence electrons. The second-order valence-electron chi connectivity index (χ2n) is 6.51. The minimum absolute atomic E-state index is 0.172. The molecule has 0 saturated heterocycles. The molecule has 2 heterocycles. The fourth-order valence-corrected chi connectivity index (χ4v) is 3.90. The van der Waals surface area contributed by atoms with Gasteiger partial charge in [-0.3, -0.25) is 14.7 Å². The zero-order valence-corrected chi connectivity index (χ0v) is 15.1. The van der Waals surface area contributed by atoms with Crippen LogP contribution < -0.4 is 5.32 Å². The third-order valence-corrected chi connectivity index (χ3v) is 5.11. The summed E-state index contributed by atoms with van der Waals surface area (Å²) in [4.78, 5) is 15.5. The standard InChI is InChI=1S/C20H13ClN4O3/c21-11-9-13(18(26)17(10-11)25(27)28)20-22-14-6-2-1-5-12(14)19-23-15-7-3-4-8-16(15)24(19)20/h1-10,20,22,26H/t20-/m1/s1. The third kappa shape index (κ3) is 2.33. The Morgan fingerprint density at radius 3 is 2.71 bits per heavy atom. The first-order valence-electron chi connectivity index (χ1n) is 8.54. The van der Waals surface area contributed by atoms with Gasteiger partial charge in [-0.15, -0.1) is 0 Å². The van der Waals surface area contributed by atoms with E-state index >= 15 is 0 Å². The molecule has 0 amide bonds. The average molecular weight is 393 g/mol. The van der Waals surface area contributed by atoms with Crippen molar-refractivity contribution in [1.82, 2.24) is 9.55 Å². The lowest BCUT2D eigenvalue weighted by atomic mass is 10.0. The van der Waals surface area contributed by atoms with Crippen LogP contribution in [-0.2, 0) is 0 Å². The Morgan fingerprint density at radius 1 is 1.14 bits per heavy atom. The summed E-state index contributed by atoms with van der Waals surface area (Å²) in [7, 11) is 0. The number of aromatic nitrogens is 2. The molecule has 28 heavy (non-hydrogen) atoms. The number of nitro groups is 1. The summed E-state index contributed by atoms with van der Waals surface area (Å²) in [6, 6.07) is 18.0. The maximum absolute atomic E-state index is 11.4. The minimum atomic E-state index is -0.644. The topological polar surface area (TPSA) is 93.2 Å². The van der Waals surface area contributed by atoms with Crippen molar-refractivity contribution < 1.29 is 10.0 Å². The van der Waals surface area contributed by atoms with E-state index in [1.165, 1.54) is 6.07 Å². The fraction of sp³-hybridized carbons (Fsp3) is 0.0500. The van der Waals surface area contributed by atoms with E-state index in [4.69, 9.17) is 16.6 Å². The quantitative estimate of drug-likeness (QED) is 0.372. The fourth-order valence-electron chi connectivity index (χ4n) is 3.68. The van der Waals surface area contributed by atoms with Crippen molar-refractivity contribution >= 4 is 34.0 Å². The number of benzene rings is 3. The van der Waals surface area contributed by atoms with Crippen LogP contribution in [0.1, 0.15) is 11.7 Å². The molecule has 0 unspecified atom stereocenters. The van der Waals surface area contributed by atoms with Crippen LogP contribution in [0.5, 0.6) is 5.75 Å². The molecule has 1 aromatic heterocycles. The van der Waals surface area contributed by atoms with Crippen molar-refractivity contribution in [3.05, 3.63) is 81.4 Å². The van der Waals surface area contributed by atoms with E-state index in [0.717, 1.165) is 28.4 Å². The Kier molecular flexibility index (Phi) is 3.53. The smallest absolute Gasteiger partial charge is 0.312 e. The van der Waals surface area contributed by atoms with Crippen LogP contribution in [0, 0.1) is 10.1 Å². The zero-order valence-electron chi connectivity index (χ0n) is 14.3. The Bertz CT molecular complexity index is 1270. The number of nitrogens with zero attached hydrogens (tertiary/aromatic N) is 3. The van der Waals surface area contributed by atoms with Crippen LogP contribution in [0.15, 0.2) is 60.7 Å². The summed E-state index contributed by atoms with van der Waals surface area (Å²) in [5.41, 5.74) is 3.22. The summed E-state index contributed by atoms with van der Waals surface area (Å²) in [5.74, 6) is 0.289. The lowest BCUT2D eigenvalue weighted by Gasteiger charge is -2.30. The van der Waals surface area contributed by atoms with Gasteiger partial charge in [0.2, 0.25) is 5.75 Å². The number of phenols is 1. The molecule has 1 atom stereocenters. The molecule has 0 spiro atoms. The molecule has 0 bridgehead atoms. The number of para-hydroxylation sites is 3. The molecule has 3 aromatic carbocycles. The largest absolute Gasteiger partial charge is 0.502 e. The first kappa shape index (κ1) is 16.6. The van der Waals surface area contributed by atoms with Gasteiger partial charge in [-0.2, -0.15) is 0 Å². The molecule has 5 rings (SSSR count). The zero-order chi connectivity index (χ0) is 19.4. The number of aromatic hydroxyl groups is 1. The van der Waals surface area contributed by atoms with E-state index in [0.29, 0.717) is 11.4 Å². The van der Waals surface area contributed by atoms with E-state index in [-0.39, 0.29) is 5.02 Å². The van der Waals surface area contributed by atoms with Gasteiger partial charge in [0.25, 0.3) is 0 Å². The Balaban J connectivity index is 1.83. The van der Waals surface area contributed by atoms with E-state index in [1.54, 1.807) is 0 Å². The molecular weight excluding hydrogens is 380 g/mol. The first-order valence-corrected chi connectivity index (χ1v) is 8.92. The monoisotopic (exact) mass is 392 g/mol. The van der Waals surface area contributed by atoms with Crippen LogP contribution in [0.25, 0.3) is 22.4 Å². The van der Waals surface area contributed by atoms with Crippen molar-refractivity contribution in [3.8, 4) is 17.1 Å². The van der Waals surface area contributed by atoms with Gasteiger partial charge in [0, 0.05) is 27.9 Å². The number of imidazole rings is 1. The highest BCUT2D eigenvalue weighted by atomic mass is 35.5. The maximum Gasteiger partial charge on any atom is 0.312 e. The van der Waals surface area contributed by atoms with E-state index in [9.17, 15) is 15.2 Å². The molecule has 1 aliphatic rings. The SMILES string of the molecule is O=[N+]([O-])c1cc(Cl)cc([C@@H]2Nc3ccccc3-c3nc4ccccc4n32)c1O. The van der Waals surface area contributed by atoms with Crippen LogP contribution in [-0.4, -0.2) is 19.6 Å². The van der Waals surface area contributed by atoms with Gasteiger partial charge in [-0.25, -0.2) is 4.98 Å². The van der Waals surface area contributed by atoms with Gasteiger partial charge in [0.15, 0.2) is 0 Å². The van der Waals surface area contributed by atoms with Gasteiger partial charge in [-0.05, 0) is 30.3 Å². The molecule has 0 radical (unpaired) electrons. The number of rotatable bonds is 2. The molecule has 4 aromatic rings. The molecular formula is C20H13ClN4O3. The molecule has 0 aliphatic carbocycles. The van der Waals surface area contributed by atoms with Crippen LogP contribution in [0.2, 0.25) is 5.02 Å². The second kappa shape index (κ2) is 5.97. The number of phenolic OH excluding ortho intramolecular Hbond substituents is 1. The van der Waals surface area contributed by atoms with E-state index in [1.807, 2.05) is 53.1 Å². The van der Waals surface area contributed by atoms with Crippen molar-refractivity contribution in [3.63, 3.8) is 0 Å². The summed E-state index contributed by atoms with van der Waals surface area (Å²) in [6.07, 6.45) is -0.616. The number of nitrogens with one attached hydrogen (secondary N) is 1. The average Bonchev–Trinajstić information content (AvgIpc) is 3.09. The summed E-state index contributed by atoms with van der Waals surface area (Å²) in [5, 5.41) is 25.5. The van der Waals surface area contributed by atoms with Crippen molar-refractivity contribution in [2.75, 3.05) is 5.32 Å². The van der Waals surface area contributed by atoms with Gasteiger partial charge < -0.3 is 10.4 Å². The second-order valence-corrected chi connectivity index (χ2v) is 6.94. The molecule has 1 aliphatic heterocycles. The number of anilines is 1. The lowest BCUT2D eigenvalue weighted by Crippen LogP contribution is -2.25. The van der Waals surface area contributed by atoms with Gasteiger partial charge in [0.05, 0.1) is 16.0 Å². The Hall–Kier alpha value is -3.58. The summed E-state index contributed by atoms with van der Waals surface area (Å²) >= 11 is 6.14. The highest BCUT2D eigenvalue weighted by Gasteiger charge is 2.32. The molecule has 8 heteroatoms. The lowest BCUT2D eigenvalue weighted by molar-refractivity contribution is -0.385. The number of nitro benzene ring substituents is 1. The van der Waals surface area contributed by atoms with Crippen molar-refractivity contribution in [2.24, 2.45) is 0 Å². The highest BCUT2D eigenvalue weighted by Crippen LogP contribution is 2.45. The van der Waals surface area contributed by atoms with Crippen LogP contribution in [0.4, 0.5) is 11.4 Å². The van der Waals surface area contributed by atoms with Crippen molar-refractivity contribution in [1.29, 1.82) is 0 Å². The molecule has 7 nitrogen and oxygen atoms in total. The predicted molar refractivity (Wildman–Crippen MR) is 107 cm³/mol. The molecule has 0 fully saturated rings. The first-order chi connectivity index (χ1) is 13.5. The number of fused-ring (bicyclic) bond motifs is 5. The van der Waals surface area contributed by atoms with Crippen molar-refractivity contribution in [2.45, 2.75) is 6.17 Å². The minimum Gasteiger partial charge on any atom is -0.502 e. The maximum atomic E-state index is 11.4.